The number of unbranched alkanes of at least 4 members (excludes halogenated alkanes) is 2. The molecule has 3 nitrogen and oxygen atoms in total. The van der Waals surface area contributed by atoms with Crippen LogP contribution in [0.15, 0.2) is 0 Å². The molecule has 0 aliphatic heterocycles. The summed E-state index contributed by atoms with van der Waals surface area (Å²) in [5, 5.41) is 3.09. The zero-order valence-electron chi connectivity index (χ0n) is 10.8. The van der Waals surface area contributed by atoms with Gasteiger partial charge >= 0.3 is 0 Å². The maximum absolute atomic E-state index is 11.9. The van der Waals surface area contributed by atoms with Crippen LogP contribution in [0.25, 0.3) is 0 Å². The molecule has 4 heteroatoms. The van der Waals surface area contributed by atoms with Crippen LogP contribution in [-0.4, -0.2) is 16.4 Å². The lowest BCUT2D eigenvalue weighted by Gasteiger charge is -2.37. The molecule has 0 heterocycles. The van der Waals surface area contributed by atoms with E-state index in [9.17, 15) is 4.79 Å². The number of hydrogen-bond acceptors (Lipinski definition) is 2. The Morgan fingerprint density at radius 1 is 1.29 bits per heavy atom. The van der Waals surface area contributed by atoms with Crippen molar-refractivity contribution in [3.8, 4) is 0 Å². The summed E-state index contributed by atoms with van der Waals surface area (Å²) in [7, 11) is 0. The van der Waals surface area contributed by atoms with E-state index in [-0.39, 0.29) is 5.91 Å². The van der Waals surface area contributed by atoms with Gasteiger partial charge in [0.1, 0.15) is 0 Å². The van der Waals surface area contributed by atoms with Crippen molar-refractivity contribution < 1.29 is 4.79 Å². The number of carbonyl (C=O) groups excluding carboxylic acids is 1. The SMILES string of the molecule is CCCCCC(=O)NC1(C(N)=S)CCCCC1. The van der Waals surface area contributed by atoms with Gasteiger partial charge in [-0.1, -0.05) is 51.2 Å². The van der Waals surface area contributed by atoms with Gasteiger partial charge in [0.2, 0.25) is 5.91 Å². The van der Waals surface area contributed by atoms with Gasteiger partial charge in [-0.3, -0.25) is 4.79 Å². The minimum Gasteiger partial charge on any atom is -0.391 e. The van der Waals surface area contributed by atoms with E-state index < -0.39 is 5.54 Å². The van der Waals surface area contributed by atoms with Crippen LogP contribution < -0.4 is 11.1 Å². The first kappa shape index (κ1) is 14.4. The van der Waals surface area contributed by atoms with E-state index in [0.29, 0.717) is 11.4 Å². The number of hydrogen-bond donors (Lipinski definition) is 2. The highest BCUT2D eigenvalue weighted by atomic mass is 32.1. The highest BCUT2D eigenvalue weighted by Crippen LogP contribution is 2.28. The molecule has 0 unspecified atom stereocenters. The zero-order chi connectivity index (χ0) is 12.7. The van der Waals surface area contributed by atoms with Gasteiger partial charge < -0.3 is 11.1 Å². The molecule has 0 saturated heterocycles. The molecule has 1 fully saturated rings. The monoisotopic (exact) mass is 256 g/mol. The van der Waals surface area contributed by atoms with Crippen molar-refractivity contribution in [2.24, 2.45) is 5.73 Å². The first-order valence-electron chi connectivity index (χ1n) is 6.71. The normalized spacial score (nSPS) is 18.6. The van der Waals surface area contributed by atoms with Crippen LogP contribution in [0.2, 0.25) is 0 Å². The lowest BCUT2D eigenvalue weighted by Crippen LogP contribution is -2.57. The van der Waals surface area contributed by atoms with E-state index in [1.807, 2.05) is 0 Å². The van der Waals surface area contributed by atoms with Crippen molar-refractivity contribution in [1.82, 2.24) is 5.32 Å². The lowest BCUT2D eigenvalue weighted by atomic mass is 9.81. The molecule has 1 saturated carbocycles. The molecule has 0 radical (unpaired) electrons. The largest absolute Gasteiger partial charge is 0.391 e. The third-order valence-electron chi connectivity index (χ3n) is 3.56. The zero-order valence-corrected chi connectivity index (χ0v) is 11.6. The van der Waals surface area contributed by atoms with Crippen molar-refractivity contribution in [2.75, 3.05) is 0 Å². The molecule has 0 atom stereocenters. The summed E-state index contributed by atoms with van der Waals surface area (Å²) < 4.78 is 0. The standard InChI is InChI=1S/C13H24N2OS/c1-2-3-5-8-11(16)15-13(12(14)17)9-6-4-7-10-13/h2-10H2,1H3,(H2,14,17)(H,15,16). The average molecular weight is 256 g/mol. The quantitative estimate of drug-likeness (QED) is 0.567. The predicted molar refractivity (Wildman–Crippen MR) is 74.9 cm³/mol. The summed E-state index contributed by atoms with van der Waals surface area (Å²) in [6.07, 6.45) is 9.02. The Morgan fingerprint density at radius 3 is 2.47 bits per heavy atom. The smallest absolute Gasteiger partial charge is 0.220 e. The molecule has 3 N–H and O–H groups in total. The van der Waals surface area contributed by atoms with Gasteiger partial charge in [-0.15, -0.1) is 0 Å². The van der Waals surface area contributed by atoms with Gasteiger partial charge in [0.15, 0.2) is 0 Å². The molecule has 0 aromatic rings. The molecule has 1 rings (SSSR count). The Kier molecular flexibility index (Phi) is 5.89. The molecule has 1 aliphatic rings. The maximum Gasteiger partial charge on any atom is 0.220 e. The van der Waals surface area contributed by atoms with E-state index in [1.165, 1.54) is 6.42 Å². The minimum absolute atomic E-state index is 0.105. The van der Waals surface area contributed by atoms with Gasteiger partial charge in [-0.25, -0.2) is 0 Å². The third kappa shape index (κ3) is 4.26. The Hall–Kier alpha value is -0.640. The second kappa shape index (κ2) is 6.94. The molecular weight excluding hydrogens is 232 g/mol. The highest BCUT2D eigenvalue weighted by Gasteiger charge is 2.36. The first-order valence-corrected chi connectivity index (χ1v) is 7.12. The van der Waals surface area contributed by atoms with Gasteiger partial charge in [0.05, 0.1) is 10.5 Å². The average Bonchev–Trinajstić information content (AvgIpc) is 2.30. The van der Waals surface area contributed by atoms with Gasteiger partial charge in [-0.05, 0) is 19.3 Å². The summed E-state index contributed by atoms with van der Waals surface area (Å²) in [5.74, 6) is 0.105. The Balaban J connectivity index is 2.48. The van der Waals surface area contributed by atoms with Crippen LogP contribution in [0, 0.1) is 0 Å². The molecule has 1 amide bonds. The van der Waals surface area contributed by atoms with Crippen LogP contribution in [-0.2, 0) is 4.79 Å². The molecule has 0 spiro atoms. The van der Waals surface area contributed by atoms with Crippen molar-refractivity contribution in [1.29, 1.82) is 0 Å². The number of nitrogens with one attached hydrogen (secondary N) is 1. The van der Waals surface area contributed by atoms with Crippen molar-refractivity contribution in [3.63, 3.8) is 0 Å². The Morgan fingerprint density at radius 2 is 1.94 bits per heavy atom. The van der Waals surface area contributed by atoms with Crippen LogP contribution in [0.3, 0.4) is 0 Å². The van der Waals surface area contributed by atoms with E-state index >= 15 is 0 Å². The summed E-state index contributed by atoms with van der Waals surface area (Å²) in [4.78, 5) is 12.3. The minimum atomic E-state index is -0.392. The lowest BCUT2D eigenvalue weighted by molar-refractivity contribution is -0.122. The fourth-order valence-electron chi connectivity index (χ4n) is 2.45. The van der Waals surface area contributed by atoms with Crippen molar-refractivity contribution in [2.45, 2.75) is 70.3 Å². The van der Waals surface area contributed by atoms with Crippen molar-refractivity contribution >= 4 is 23.1 Å². The van der Waals surface area contributed by atoms with Crippen LogP contribution >= 0.6 is 12.2 Å². The van der Waals surface area contributed by atoms with Gasteiger partial charge in [0, 0.05) is 6.42 Å². The molecule has 0 aromatic carbocycles. The fourth-order valence-corrected chi connectivity index (χ4v) is 2.71. The molecule has 0 bridgehead atoms. The third-order valence-corrected chi connectivity index (χ3v) is 3.96. The van der Waals surface area contributed by atoms with Gasteiger partial charge in [-0.2, -0.15) is 0 Å². The second-order valence-corrected chi connectivity index (χ2v) is 5.45. The number of nitrogens with two attached hydrogens (primary N) is 1. The van der Waals surface area contributed by atoms with E-state index in [4.69, 9.17) is 18.0 Å². The number of rotatable bonds is 6. The summed E-state index contributed by atoms with van der Waals surface area (Å²) in [6, 6.07) is 0. The molecule has 1 aliphatic carbocycles. The van der Waals surface area contributed by atoms with Gasteiger partial charge in [0.25, 0.3) is 0 Å². The number of amides is 1. The van der Waals surface area contributed by atoms with E-state index in [0.717, 1.165) is 44.9 Å². The van der Waals surface area contributed by atoms with Crippen LogP contribution in [0.5, 0.6) is 0 Å². The van der Waals surface area contributed by atoms with E-state index in [1.54, 1.807) is 0 Å². The molecular formula is C13H24N2OS. The Bertz CT molecular complexity index is 273. The second-order valence-electron chi connectivity index (χ2n) is 5.01. The van der Waals surface area contributed by atoms with E-state index in [2.05, 4.69) is 12.2 Å². The van der Waals surface area contributed by atoms with Crippen LogP contribution in [0.1, 0.15) is 64.7 Å². The maximum atomic E-state index is 11.9. The topological polar surface area (TPSA) is 55.1 Å². The molecule has 0 aromatic heterocycles. The van der Waals surface area contributed by atoms with Crippen LogP contribution in [0.4, 0.5) is 0 Å². The predicted octanol–water partition coefficient (Wildman–Crippen LogP) is 2.67. The first-order chi connectivity index (χ1) is 8.10. The molecule has 17 heavy (non-hydrogen) atoms. The summed E-state index contributed by atoms with van der Waals surface area (Å²) in [6.45, 7) is 2.13. The number of thiocarbonyl (C=S) groups is 1. The Labute approximate surface area is 110 Å². The summed E-state index contributed by atoms with van der Waals surface area (Å²) >= 11 is 5.14. The molecule has 98 valence electrons. The summed E-state index contributed by atoms with van der Waals surface area (Å²) in [5.41, 5.74) is 5.43. The fraction of sp³-hybridized carbons (Fsp3) is 0.846. The number of carbonyl (C=O) groups is 1. The van der Waals surface area contributed by atoms with Crippen molar-refractivity contribution in [3.05, 3.63) is 0 Å². The highest BCUT2D eigenvalue weighted by molar-refractivity contribution is 7.80.